The molecule has 88 valence electrons. The first-order valence-electron chi connectivity index (χ1n) is 6.78. The molecule has 2 aliphatic rings. The van der Waals surface area contributed by atoms with Gasteiger partial charge in [-0.15, -0.1) is 0 Å². The fraction of sp³-hybridized carbons (Fsp3) is 1.00. The summed E-state index contributed by atoms with van der Waals surface area (Å²) in [4.78, 5) is 0. The van der Waals surface area contributed by atoms with Crippen molar-refractivity contribution in [1.29, 1.82) is 0 Å². The predicted octanol–water partition coefficient (Wildman–Crippen LogP) is 2.30. The van der Waals surface area contributed by atoms with Crippen LogP contribution in [0.2, 0.25) is 0 Å². The monoisotopic (exact) mass is 210 g/mol. The number of hydrogen-bond acceptors (Lipinski definition) is 2. The summed E-state index contributed by atoms with van der Waals surface area (Å²) >= 11 is 0. The number of fused-ring (bicyclic) bond motifs is 1. The van der Waals surface area contributed by atoms with Gasteiger partial charge in [0.1, 0.15) is 0 Å². The average Bonchev–Trinajstić information content (AvgIpc) is 2.48. The Morgan fingerprint density at radius 3 is 2.60 bits per heavy atom. The van der Waals surface area contributed by atoms with Crippen LogP contribution in [0.1, 0.15) is 52.4 Å². The predicted molar refractivity (Wildman–Crippen MR) is 65.1 cm³/mol. The lowest BCUT2D eigenvalue weighted by Gasteiger charge is -2.38. The van der Waals surface area contributed by atoms with Crippen molar-refractivity contribution in [2.75, 3.05) is 13.1 Å². The minimum absolute atomic E-state index is 0.372. The highest BCUT2D eigenvalue weighted by atomic mass is 15.1. The van der Waals surface area contributed by atoms with Crippen LogP contribution in [-0.2, 0) is 0 Å². The molecule has 15 heavy (non-hydrogen) atoms. The van der Waals surface area contributed by atoms with Gasteiger partial charge >= 0.3 is 0 Å². The van der Waals surface area contributed by atoms with Crippen molar-refractivity contribution in [2.24, 2.45) is 5.92 Å². The Balaban J connectivity index is 2.06. The Morgan fingerprint density at radius 2 is 1.87 bits per heavy atom. The third-order valence-electron chi connectivity index (χ3n) is 4.62. The number of nitrogens with one attached hydrogen (secondary N) is 2. The van der Waals surface area contributed by atoms with E-state index in [9.17, 15) is 0 Å². The summed E-state index contributed by atoms with van der Waals surface area (Å²) in [6.45, 7) is 7.04. The molecule has 2 heteroatoms. The van der Waals surface area contributed by atoms with E-state index in [2.05, 4.69) is 24.5 Å². The molecular weight excluding hydrogens is 184 g/mol. The van der Waals surface area contributed by atoms with Crippen molar-refractivity contribution in [3.8, 4) is 0 Å². The van der Waals surface area contributed by atoms with Gasteiger partial charge in [0.15, 0.2) is 0 Å². The molecule has 2 nitrogen and oxygen atoms in total. The van der Waals surface area contributed by atoms with Crippen molar-refractivity contribution >= 4 is 0 Å². The van der Waals surface area contributed by atoms with Gasteiger partial charge in [-0.1, -0.05) is 26.7 Å². The fourth-order valence-electron chi connectivity index (χ4n) is 3.29. The Labute approximate surface area is 94.2 Å². The van der Waals surface area contributed by atoms with E-state index in [4.69, 9.17) is 0 Å². The quantitative estimate of drug-likeness (QED) is 0.731. The van der Waals surface area contributed by atoms with E-state index in [-0.39, 0.29) is 0 Å². The molecule has 0 aromatic heterocycles. The second kappa shape index (κ2) is 4.84. The zero-order valence-corrected chi connectivity index (χ0v) is 10.3. The lowest BCUT2D eigenvalue weighted by Crippen LogP contribution is -2.54. The van der Waals surface area contributed by atoms with Crippen molar-refractivity contribution in [2.45, 2.75) is 64.0 Å². The SMILES string of the molecule is CCC1(CC)CNCC2CCCCC2N1. The van der Waals surface area contributed by atoms with Gasteiger partial charge in [0.2, 0.25) is 0 Å². The largest absolute Gasteiger partial charge is 0.315 e. The van der Waals surface area contributed by atoms with Crippen LogP contribution in [-0.4, -0.2) is 24.7 Å². The molecule has 0 amide bonds. The molecule has 1 aliphatic heterocycles. The third-order valence-corrected chi connectivity index (χ3v) is 4.62. The highest BCUT2D eigenvalue weighted by molar-refractivity contribution is 4.97. The Bertz CT molecular complexity index is 199. The number of rotatable bonds is 2. The van der Waals surface area contributed by atoms with Crippen LogP contribution in [0.15, 0.2) is 0 Å². The first-order valence-corrected chi connectivity index (χ1v) is 6.78. The molecule has 1 heterocycles. The maximum absolute atomic E-state index is 3.97. The maximum atomic E-state index is 3.97. The van der Waals surface area contributed by atoms with Gasteiger partial charge in [0.25, 0.3) is 0 Å². The summed E-state index contributed by atoms with van der Waals surface area (Å²) in [5, 5.41) is 7.64. The van der Waals surface area contributed by atoms with Crippen LogP contribution in [0.3, 0.4) is 0 Å². The van der Waals surface area contributed by atoms with Crippen LogP contribution in [0.25, 0.3) is 0 Å². The molecule has 2 rings (SSSR count). The summed E-state index contributed by atoms with van der Waals surface area (Å²) in [6, 6.07) is 0.786. The lowest BCUT2D eigenvalue weighted by atomic mass is 9.83. The molecule has 0 bridgehead atoms. The van der Waals surface area contributed by atoms with Gasteiger partial charge in [0, 0.05) is 18.1 Å². The van der Waals surface area contributed by atoms with Crippen LogP contribution in [0.4, 0.5) is 0 Å². The highest BCUT2D eigenvalue weighted by Gasteiger charge is 2.36. The normalized spacial score (nSPS) is 35.6. The zero-order chi connectivity index (χ0) is 10.7. The van der Waals surface area contributed by atoms with Crippen LogP contribution >= 0.6 is 0 Å². The van der Waals surface area contributed by atoms with E-state index in [1.165, 1.54) is 45.1 Å². The smallest absolute Gasteiger partial charge is 0.0303 e. The lowest BCUT2D eigenvalue weighted by molar-refractivity contribution is 0.215. The first-order chi connectivity index (χ1) is 7.29. The van der Waals surface area contributed by atoms with Gasteiger partial charge in [-0.2, -0.15) is 0 Å². The molecule has 1 saturated heterocycles. The van der Waals surface area contributed by atoms with Gasteiger partial charge < -0.3 is 10.6 Å². The van der Waals surface area contributed by atoms with E-state index in [0.717, 1.165) is 18.5 Å². The molecule has 1 saturated carbocycles. The van der Waals surface area contributed by atoms with E-state index < -0.39 is 0 Å². The molecule has 2 fully saturated rings. The second-order valence-electron chi connectivity index (χ2n) is 5.41. The minimum Gasteiger partial charge on any atom is -0.315 e. The maximum Gasteiger partial charge on any atom is 0.0303 e. The summed E-state index contributed by atoms with van der Waals surface area (Å²) < 4.78 is 0. The van der Waals surface area contributed by atoms with E-state index in [1.807, 2.05) is 0 Å². The third kappa shape index (κ3) is 2.36. The molecule has 2 unspecified atom stereocenters. The molecule has 2 atom stereocenters. The summed E-state index contributed by atoms with van der Waals surface area (Å²) in [7, 11) is 0. The summed E-state index contributed by atoms with van der Waals surface area (Å²) in [5.74, 6) is 0.888. The number of hydrogen-bond donors (Lipinski definition) is 2. The Hall–Kier alpha value is -0.0800. The molecular formula is C13H26N2. The van der Waals surface area contributed by atoms with Gasteiger partial charge in [-0.3, -0.25) is 0 Å². The average molecular weight is 210 g/mol. The minimum atomic E-state index is 0.372. The summed E-state index contributed by atoms with van der Waals surface area (Å²) in [6.07, 6.45) is 8.19. The molecule has 1 aliphatic carbocycles. The van der Waals surface area contributed by atoms with Crippen LogP contribution in [0, 0.1) is 5.92 Å². The van der Waals surface area contributed by atoms with Crippen molar-refractivity contribution in [3.05, 3.63) is 0 Å². The van der Waals surface area contributed by atoms with E-state index in [1.54, 1.807) is 0 Å². The van der Waals surface area contributed by atoms with Gasteiger partial charge in [0.05, 0.1) is 0 Å². The van der Waals surface area contributed by atoms with Crippen molar-refractivity contribution in [1.82, 2.24) is 10.6 Å². The Morgan fingerprint density at radius 1 is 1.13 bits per heavy atom. The molecule has 0 radical (unpaired) electrons. The Kier molecular flexibility index (Phi) is 3.68. The molecule has 0 aromatic rings. The van der Waals surface area contributed by atoms with Gasteiger partial charge in [-0.05, 0) is 38.1 Å². The molecule has 2 N–H and O–H groups in total. The highest BCUT2D eigenvalue weighted by Crippen LogP contribution is 2.29. The van der Waals surface area contributed by atoms with Crippen LogP contribution < -0.4 is 10.6 Å². The summed E-state index contributed by atoms with van der Waals surface area (Å²) in [5.41, 5.74) is 0.372. The standard InChI is InChI=1S/C13H26N2/c1-3-13(4-2)10-14-9-11-7-5-6-8-12(11)15-13/h11-12,14-15H,3-10H2,1-2H3. The topological polar surface area (TPSA) is 24.1 Å². The molecule has 0 spiro atoms. The first kappa shape index (κ1) is 11.4. The van der Waals surface area contributed by atoms with Crippen LogP contribution in [0.5, 0.6) is 0 Å². The fourth-order valence-corrected chi connectivity index (χ4v) is 3.29. The van der Waals surface area contributed by atoms with E-state index in [0.29, 0.717) is 5.54 Å². The van der Waals surface area contributed by atoms with Crippen molar-refractivity contribution < 1.29 is 0 Å². The van der Waals surface area contributed by atoms with E-state index >= 15 is 0 Å². The molecule has 0 aromatic carbocycles. The zero-order valence-electron chi connectivity index (χ0n) is 10.3. The van der Waals surface area contributed by atoms with Crippen molar-refractivity contribution in [3.63, 3.8) is 0 Å². The second-order valence-corrected chi connectivity index (χ2v) is 5.41. The van der Waals surface area contributed by atoms with Gasteiger partial charge in [-0.25, -0.2) is 0 Å².